The number of aryl methyl sites for hydroxylation is 1. The smallest absolute Gasteiger partial charge is 0.248 e. The normalized spacial score (nSPS) is 11.0. The molecule has 3 aromatic rings. The lowest BCUT2D eigenvalue weighted by molar-refractivity contribution is -0.111. The van der Waals surface area contributed by atoms with Crippen molar-refractivity contribution in [2.75, 3.05) is 5.32 Å². The predicted octanol–water partition coefficient (Wildman–Crippen LogP) is 4.85. The largest absolute Gasteiger partial charge is 0.323 e. The molecule has 0 fully saturated rings. The quantitative estimate of drug-likeness (QED) is 0.657. The number of aromatic nitrogens is 2. The monoisotopic (exact) mass is 365 g/mol. The van der Waals surface area contributed by atoms with E-state index in [0.717, 1.165) is 33.2 Å². The summed E-state index contributed by atoms with van der Waals surface area (Å²) in [4.78, 5) is 12.1. The summed E-state index contributed by atoms with van der Waals surface area (Å²) in [6.45, 7) is 4.52. The number of anilines is 1. The first kappa shape index (κ1) is 18.0. The number of amides is 1. The van der Waals surface area contributed by atoms with Crippen molar-refractivity contribution in [3.05, 3.63) is 88.2 Å². The van der Waals surface area contributed by atoms with E-state index in [-0.39, 0.29) is 5.91 Å². The average molecular weight is 366 g/mol. The molecule has 0 radical (unpaired) electrons. The highest BCUT2D eigenvalue weighted by Crippen LogP contribution is 2.20. The van der Waals surface area contributed by atoms with Crippen LogP contribution in [0.1, 0.15) is 22.5 Å². The second-order valence-corrected chi connectivity index (χ2v) is 6.43. The van der Waals surface area contributed by atoms with E-state index >= 15 is 0 Å². The Hall–Kier alpha value is -2.85. The van der Waals surface area contributed by atoms with Crippen molar-refractivity contribution < 1.29 is 4.79 Å². The zero-order valence-corrected chi connectivity index (χ0v) is 15.5. The van der Waals surface area contributed by atoms with E-state index in [4.69, 9.17) is 11.6 Å². The Labute approximate surface area is 158 Å². The number of hydrogen-bond acceptors (Lipinski definition) is 2. The third-order valence-electron chi connectivity index (χ3n) is 4.16. The second kappa shape index (κ2) is 8.02. The first-order chi connectivity index (χ1) is 12.5. The van der Waals surface area contributed by atoms with Crippen LogP contribution in [0.4, 0.5) is 5.69 Å². The van der Waals surface area contributed by atoms with E-state index in [1.165, 1.54) is 6.08 Å². The Morgan fingerprint density at radius 1 is 1.12 bits per heavy atom. The molecular weight excluding hydrogens is 346 g/mol. The number of rotatable bonds is 5. The molecule has 0 bridgehead atoms. The van der Waals surface area contributed by atoms with Gasteiger partial charge in [-0.2, -0.15) is 5.10 Å². The summed E-state index contributed by atoms with van der Waals surface area (Å²) in [5, 5.41) is 8.14. The van der Waals surface area contributed by atoms with Gasteiger partial charge >= 0.3 is 0 Å². The van der Waals surface area contributed by atoms with Crippen LogP contribution >= 0.6 is 11.6 Å². The molecule has 4 nitrogen and oxygen atoms in total. The number of benzene rings is 2. The molecule has 0 saturated heterocycles. The van der Waals surface area contributed by atoms with Crippen molar-refractivity contribution in [1.29, 1.82) is 0 Å². The van der Waals surface area contributed by atoms with E-state index in [2.05, 4.69) is 10.4 Å². The lowest BCUT2D eigenvalue weighted by atomic mass is 10.1. The van der Waals surface area contributed by atoms with Gasteiger partial charge < -0.3 is 5.32 Å². The van der Waals surface area contributed by atoms with Crippen LogP contribution in [-0.4, -0.2) is 15.7 Å². The molecule has 26 heavy (non-hydrogen) atoms. The van der Waals surface area contributed by atoms with Crippen molar-refractivity contribution in [1.82, 2.24) is 9.78 Å². The van der Waals surface area contributed by atoms with Gasteiger partial charge in [0.05, 0.1) is 12.2 Å². The highest BCUT2D eigenvalue weighted by Gasteiger charge is 2.11. The highest BCUT2D eigenvalue weighted by molar-refractivity contribution is 6.31. The van der Waals surface area contributed by atoms with Gasteiger partial charge in [0.2, 0.25) is 5.91 Å². The van der Waals surface area contributed by atoms with Crippen LogP contribution in [-0.2, 0) is 11.3 Å². The summed E-state index contributed by atoms with van der Waals surface area (Å²) in [5.41, 5.74) is 4.59. The molecule has 1 amide bonds. The van der Waals surface area contributed by atoms with E-state index in [9.17, 15) is 4.79 Å². The van der Waals surface area contributed by atoms with Crippen molar-refractivity contribution in [3.8, 4) is 0 Å². The molecule has 0 unspecified atom stereocenters. The average Bonchev–Trinajstić information content (AvgIpc) is 2.89. The third-order valence-corrected chi connectivity index (χ3v) is 4.53. The minimum absolute atomic E-state index is 0.172. The standard InChI is InChI=1S/C21H20ClN3O/c1-15-19(12-13-21(26)23-18-9-4-3-5-10-18)16(2)25(24-15)14-17-8-6-7-11-20(17)22/h3-13H,14H2,1-2H3,(H,23,26)/b13-12+. The molecule has 0 aliphatic rings. The molecule has 3 rings (SSSR count). The molecule has 0 saturated carbocycles. The van der Waals surface area contributed by atoms with Gasteiger partial charge in [-0.15, -0.1) is 0 Å². The van der Waals surface area contributed by atoms with Gasteiger partial charge in [0.1, 0.15) is 0 Å². The maximum absolute atomic E-state index is 12.1. The van der Waals surface area contributed by atoms with Crippen LogP contribution in [0, 0.1) is 13.8 Å². The molecule has 132 valence electrons. The highest BCUT2D eigenvalue weighted by atomic mass is 35.5. The van der Waals surface area contributed by atoms with E-state index in [1.807, 2.05) is 73.1 Å². The Balaban J connectivity index is 1.75. The first-order valence-corrected chi connectivity index (χ1v) is 8.74. The molecule has 2 aromatic carbocycles. The van der Waals surface area contributed by atoms with Gasteiger partial charge in [0.15, 0.2) is 0 Å². The zero-order chi connectivity index (χ0) is 18.5. The first-order valence-electron chi connectivity index (χ1n) is 8.36. The number of nitrogens with one attached hydrogen (secondary N) is 1. The SMILES string of the molecule is Cc1nn(Cc2ccccc2Cl)c(C)c1/C=C/C(=O)Nc1ccccc1. The molecule has 1 aromatic heterocycles. The fraction of sp³-hybridized carbons (Fsp3) is 0.143. The topological polar surface area (TPSA) is 46.9 Å². The molecule has 0 spiro atoms. The van der Waals surface area contributed by atoms with Crippen LogP contribution in [0.15, 0.2) is 60.7 Å². The van der Waals surface area contributed by atoms with E-state index < -0.39 is 0 Å². The third kappa shape index (κ3) is 4.21. The minimum atomic E-state index is -0.172. The van der Waals surface area contributed by atoms with Crippen LogP contribution in [0.5, 0.6) is 0 Å². The number of hydrogen-bond donors (Lipinski definition) is 1. The molecule has 1 N–H and O–H groups in total. The fourth-order valence-electron chi connectivity index (χ4n) is 2.76. The Morgan fingerprint density at radius 3 is 2.54 bits per heavy atom. The minimum Gasteiger partial charge on any atom is -0.323 e. The number of halogens is 1. The van der Waals surface area contributed by atoms with Crippen LogP contribution in [0.25, 0.3) is 6.08 Å². The Kier molecular flexibility index (Phi) is 5.54. The van der Waals surface area contributed by atoms with E-state index in [0.29, 0.717) is 6.54 Å². The van der Waals surface area contributed by atoms with Gasteiger partial charge in [-0.3, -0.25) is 9.48 Å². The number of carbonyl (C=O) groups excluding carboxylic acids is 1. The molecular formula is C21H20ClN3O. The lowest BCUT2D eigenvalue weighted by Gasteiger charge is -2.06. The summed E-state index contributed by atoms with van der Waals surface area (Å²) in [6.07, 6.45) is 3.34. The van der Waals surface area contributed by atoms with Crippen molar-refractivity contribution in [2.24, 2.45) is 0 Å². The molecule has 0 atom stereocenters. The zero-order valence-electron chi connectivity index (χ0n) is 14.7. The molecule has 5 heteroatoms. The summed E-state index contributed by atoms with van der Waals surface area (Å²) in [7, 11) is 0. The summed E-state index contributed by atoms with van der Waals surface area (Å²) < 4.78 is 1.91. The van der Waals surface area contributed by atoms with Gasteiger partial charge in [-0.05, 0) is 43.7 Å². The molecule has 0 aliphatic heterocycles. The Bertz CT molecular complexity index is 945. The van der Waals surface area contributed by atoms with E-state index in [1.54, 1.807) is 6.08 Å². The number of carbonyl (C=O) groups is 1. The summed E-state index contributed by atoms with van der Waals surface area (Å²) >= 11 is 6.24. The second-order valence-electron chi connectivity index (χ2n) is 6.02. The maximum atomic E-state index is 12.1. The van der Waals surface area contributed by atoms with Gasteiger partial charge in [-0.1, -0.05) is 48.0 Å². The predicted molar refractivity (Wildman–Crippen MR) is 106 cm³/mol. The lowest BCUT2D eigenvalue weighted by Crippen LogP contribution is -2.07. The summed E-state index contributed by atoms with van der Waals surface area (Å²) in [5.74, 6) is -0.172. The van der Waals surface area contributed by atoms with Gasteiger partial charge in [-0.25, -0.2) is 0 Å². The molecule has 0 aliphatic carbocycles. The van der Waals surface area contributed by atoms with Crippen molar-refractivity contribution in [2.45, 2.75) is 20.4 Å². The van der Waals surface area contributed by atoms with Crippen molar-refractivity contribution in [3.63, 3.8) is 0 Å². The molecule has 1 heterocycles. The van der Waals surface area contributed by atoms with Gasteiger partial charge in [0, 0.05) is 28.0 Å². The number of para-hydroxylation sites is 1. The maximum Gasteiger partial charge on any atom is 0.248 e. The number of nitrogens with zero attached hydrogens (tertiary/aromatic N) is 2. The van der Waals surface area contributed by atoms with Crippen LogP contribution in [0.3, 0.4) is 0 Å². The Morgan fingerprint density at radius 2 is 1.81 bits per heavy atom. The van der Waals surface area contributed by atoms with Gasteiger partial charge in [0.25, 0.3) is 0 Å². The fourth-order valence-corrected chi connectivity index (χ4v) is 2.95. The van der Waals surface area contributed by atoms with Crippen LogP contribution in [0.2, 0.25) is 5.02 Å². The van der Waals surface area contributed by atoms with Crippen LogP contribution < -0.4 is 5.32 Å². The van der Waals surface area contributed by atoms with Crippen molar-refractivity contribution >= 4 is 29.3 Å². The summed E-state index contributed by atoms with van der Waals surface area (Å²) in [6, 6.07) is 17.1.